The Balaban J connectivity index is 1.91. The molecule has 0 bridgehead atoms. The highest BCUT2D eigenvalue weighted by Gasteiger charge is 2.48. The van der Waals surface area contributed by atoms with Crippen molar-refractivity contribution >= 4 is 46.3 Å². The summed E-state index contributed by atoms with van der Waals surface area (Å²) in [6.07, 6.45) is 1.43. The van der Waals surface area contributed by atoms with Crippen LogP contribution in [-0.2, 0) is 9.59 Å². The van der Waals surface area contributed by atoms with Crippen molar-refractivity contribution in [3.05, 3.63) is 87.8 Å². The van der Waals surface area contributed by atoms with Crippen molar-refractivity contribution in [2.24, 2.45) is 0 Å². The number of amides is 1. The van der Waals surface area contributed by atoms with E-state index in [0.717, 1.165) is 0 Å². The molecule has 1 amide bonds. The Kier molecular flexibility index (Phi) is 5.28. The largest absolute Gasteiger partial charge is 0.507 e. The number of aliphatic hydroxyl groups excluding tert-OH is 1. The Labute approximate surface area is 181 Å². The van der Waals surface area contributed by atoms with Gasteiger partial charge in [-0.15, -0.1) is 0 Å². The van der Waals surface area contributed by atoms with E-state index in [1.54, 1.807) is 36.4 Å². The van der Waals surface area contributed by atoms with Gasteiger partial charge in [0.1, 0.15) is 23.3 Å². The molecular formula is C22H15Cl2NO5. The molecule has 1 saturated heterocycles. The summed E-state index contributed by atoms with van der Waals surface area (Å²) in [5, 5.41) is 11.8. The van der Waals surface area contributed by atoms with Gasteiger partial charge in [-0.25, -0.2) is 0 Å². The number of Topliss-reactive ketones (excluding diaryl/α,β-unsaturated/α-hetero) is 1. The maximum atomic E-state index is 13.0. The van der Waals surface area contributed by atoms with Crippen LogP contribution in [0.5, 0.6) is 5.75 Å². The van der Waals surface area contributed by atoms with Crippen molar-refractivity contribution < 1.29 is 23.8 Å². The van der Waals surface area contributed by atoms with Crippen LogP contribution < -0.4 is 9.64 Å². The first-order chi connectivity index (χ1) is 14.4. The van der Waals surface area contributed by atoms with Crippen molar-refractivity contribution in [2.45, 2.75) is 6.04 Å². The Bertz CT molecular complexity index is 1150. The van der Waals surface area contributed by atoms with E-state index >= 15 is 0 Å². The van der Waals surface area contributed by atoms with Crippen molar-refractivity contribution in [2.75, 3.05) is 12.0 Å². The summed E-state index contributed by atoms with van der Waals surface area (Å²) in [6, 6.07) is 13.3. The number of ether oxygens (including phenoxy) is 1. The average Bonchev–Trinajstić information content (AvgIpc) is 3.36. The van der Waals surface area contributed by atoms with E-state index in [4.69, 9.17) is 32.4 Å². The first-order valence-electron chi connectivity index (χ1n) is 8.86. The Morgan fingerprint density at radius 3 is 2.47 bits per heavy atom. The van der Waals surface area contributed by atoms with E-state index < -0.39 is 17.7 Å². The van der Waals surface area contributed by atoms with E-state index in [1.807, 2.05) is 0 Å². The van der Waals surface area contributed by atoms with E-state index in [0.29, 0.717) is 27.2 Å². The SMILES string of the molecule is COc1cc(/C(O)=C2/C(=O)C(=O)N(c3ccc(Cl)cc3)C2c2ccco2)ccc1Cl. The number of furan rings is 1. The van der Waals surface area contributed by atoms with Crippen LogP contribution in [0.3, 0.4) is 0 Å². The van der Waals surface area contributed by atoms with Crippen LogP contribution in [-0.4, -0.2) is 23.9 Å². The molecule has 1 unspecified atom stereocenters. The third-order valence-electron chi connectivity index (χ3n) is 4.79. The molecule has 2 aromatic carbocycles. The summed E-state index contributed by atoms with van der Waals surface area (Å²) in [6.45, 7) is 0. The van der Waals surface area contributed by atoms with Gasteiger partial charge in [-0.1, -0.05) is 23.2 Å². The first-order valence-corrected chi connectivity index (χ1v) is 9.62. The maximum absolute atomic E-state index is 13.0. The highest BCUT2D eigenvalue weighted by Crippen LogP contribution is 2.43. The van der Waals surface area contributed by atoms with Crippen molar-refractivity contribution in [3.8, 4) is 5.75 Å². The minimum Gasteiger partial charge on any atom is -0.507 e. The zero-order chi connectivity index (χ0) is 21.4. The molecule has 1 N–H and O–H groups in total. The van der Waals surface area contributed by atoms with Gasteiger partial charge in [0.15, 0.2) is 0 Å². The van der Waals surface area contributed by atoms with E-state index in [9.17, 15) is 14.7 Å². The lowest BCUT2D eigenvalue weighted by Gasteiger charge is -2.23. The molecule has 1 aliphatic heterocycles. The highest BCUT2D eigenvalue weighted by atomic mass is 35.5. The lowest BCUT2D eigenvalue weighted by molar-refractivity contribution is -0.132. The predicted molar refractivity (Wildman–Crippen MR) is 113 cm³/mol. The number of ketones is 1. The van der Waals surface area contributed by atoms with Gasteiger partial charge < -0.3 is 14.3 Å². The molecule has 30 heavy (non-hydrogen) atoms. The molecule has 2 heterocycles. The molecule has 1 aliphatic rings. The molecule has 0 radical (unpaired) electrons. The van der Waals surface area contributed by atoms with Crippen molar-refractivity contribution in [1.82, 2.24) is 0 Å². The standard InChI is InChI=1S/C22H15Cl2NO5/c1-29-17-11-12(4-9-15(17)24)20(26)18-19(16-3-2-10-30-16)25(22(28)21(18)27)14-7-5-13(23)6-8-14/h2-11,19,26H,1H3/b20-18-. The number of carbonyl (C=O) groups excluding carboxylic acids is 2. The number of rotatable bonds is 4. The highest BCUT2D eigenvalue weighted by molar-refractivity contribution is 6.51. The van der Waals surface area contributed by atoms with Gasteiger partial charge in [-0.3, -0.25) is 14.5 Å². The summed E-state index contributed by atoms with van der Waals surface area (Å²) in [5.74, 6) is -1.34. The molecule has 0 saturated carbocycles. The van der Waals surface area contributed by atoms with Gasteiger partial charge in [-0.2, -0.15) is 0 Å². The second-order valence-electron chi connectivity index (χ2n) is 6.51. The van der Waals surface area contributed by atoms with Crippen LogP contribution >= 0.6 is 23.2 Å². The van der Waals surface area contributed by atoms with Crippen LogP contribution in [0.25, 0.3) is 5.76 Å². The number of hydrogen-bond acceptors (Lipinski definition) is 5. The summed E-state index contributed by atoms with van der Waals surface area (Å²) < 4.78 is 10.7. The Morgan fingerprint density at radius 1 is 1.10 bits per heavy atom. The van der Waals surface area contributed by atoms with Crippen LogP contribution in [0.15, 0.2) is 70.9 Å². The monoisotopic (exact) mass is 443 g/mol. The number of methoxy groups -OCH3 is 1. The molecule has 1 fully saturated rings. The number of benzene rings is 2. The van der Waals surface area contributed by atoms with Crippen molar-refractivity contribution in [1.29, 1.82) is 0 Å². The van der Waals surface area contributed by atoms with Gasteiger partial charge in [0.05, 0.1) is 24.0 Å². The minimum atomic E-state index is -0.956. The number of anilines is 1. The zero-order valence-electron chi connectivity index (χ0n) is 15.6. The number of nitrogens with zero attached hydrogens (tertiary/aromatic N) is 1. The molecule has 8 heteroatoms. The van der Waals surface area contributed by atoms with Crippen LogP contribution in [0.1, 0.15) is 17.4 Å². The molecule has 1 aromatic heterocycles. The summed E-state index contributed by atoms with van der Waals surface area (Å²) >= 11 is 12.0. The first kappa shape index (κ1) is 20.1. The zero-order valence-corrected chi connectivity index (χ0v) is 17.1. The van der Waals surface area contributed by atoms with Gasteiger partial charge in [0.25, 0.3) is 11.7 Å². The molecule has 4 rings (SSSR count). The number of carbonyl (C=O) groups is 2. The maximum Gasteiger partial charge on any atom is 0.300 e. The lowest BCUT2D eigenvalue weighted by atomic mass is 9.99. The quantitative estimate of drug-likeness (QED) is 0.339. The number of halogens is 2. The molecule has 0 aliphatic carbocycles. The molecule has 6 nitrogen and oxygen atoms in total. The van der Waals surface area contributed by atoms with Gasteiger partial charge in [-0.05, 0) is 54.6 Å². The summed E-state index contributed by atoms with van der Waals surface area (Å²) in [7, 11) is 1.44. The molecular weight excluding hydrogens is 429 g/mol. The predicted octanol–water partition coefficient (Wildman–Crippen LogP) is 5.22. The van der Waals surface area contributed by atoms with Crippen LogP contribution in [0.2, 0.25) is 10.0 Å². The normalized spacial score (nSPS) is 18.1. The fourth-order valence-electron chi connectivity index (χ4n) is 3.38. The summed E-state index contributed by atoms with van der Waals surface area (Å²) in [4.78, 5) is 27.2. The van der Waals surface area contributed by atoms with E-state index in [1.165, 1.54) is 36.5 Å². The van der Waals surface area contributed by atoms with Gasteiger partial charge in [0, 0.05) is 16.3 Å². The summed E-state index contributed by atoms with van der Waals surface area (Å²) in [5.41, 5.74) is 0.617. The lowest BCUT2D eigenvalue weighted by Crippen LogP contribution is -2.29. The molecule has 0 spiro atoms. The second kappa shape index (κ2) is 7.89. The fourth-order valence-corrected chi connectivity index (χ4v) is 3.70. The van der Waals surface area contributed by atoms with Gasteiger partial charge >= 0.3 is 0 Å². The number of hydrogen-bond donors (Lipinski definition) is 1. The van der Waals surface area contributed by atoms with Crippen LogP contribution in [0, 0.1) is 0 Å². The Morgan fingerprint density at radius 2 is 1.83 bits per heavy atom. The topological polar surface area (TPSA) is 80.0 Å². The average molecular weight is 444 g/mol. The van der Waals surface area contributed by atoms with E-state index in [2.05, 4.69) is 0 Å². The third-order valence-corrected chi connectivity index (χ3v) is 5.35. The van der Waals surface area contributed by atoms with Crippen LogP contribution in [0.4, 0.5) is 5.69 Å². The molecule has 1 atom stereocenters. The van der Waals surface area contributed by atoms with E-state index in [-0.39, 0.29) is 16.9 Å². The smallest absolute Gasteiger partial charge is 0.300 e. The molecule has 152 valence electrons. The number of aliphatic hydroxyl groups is 1. The van der Waals surface area contributed by atoms with Crippen molar-refractivity contribution in [3.63, 3.8) is 0 Å². The minimum absolute atomic E-state index is 0.103. The Hall–Kier alpha value is -3.22. The molecule has 3 aromatic rings. The third kappa shape index (κ3) is 3.34. The fraction of sp³-hybridized carbons (Fsp3) is 0.0909. The second-order valence-corrected chi connectivity index (χ2v) is 7.35. The van der Waals surface area contributed by atoms with Gasteiger partial charge in [0.2, 0.25) is 0 Å².